The van der Waals surface area contributed by atoms with Gasteiger partial charge in [-0.15, -0.1) is 0 Å². The van der Waals surface area contributed by atoms with E-state index in [1.165, 1.54) is 16.7 Å². The summed E-state index contributed by atoms with van der Waals surface area (Å²) in [4.78, 5) is 4.23. The first-order valence-electron chi connectivity index (χ1n) is 8.08. The van der Waals surface area contributed by atoms with E-state index in [-0.39, 0.29) is 6.04 Å². The lowest BCUT2D eigenvalue weighted by atomic mass is 10.00. The van der Waals surface area contributed by atoms with Gasteiger partial charge in [0, 0.05) is 30.5 Å². The van der Waals surface area contributed by atoms with Crippen molar-refractivity contribution in [2.45, 2.75) is 13.0 Å². The van der Waals surface area contributed by atoms with Crippen LogP contribution in [0.3, 0.4) is 0 Å². The largest absolute Gasteiger partial charge is 0.326 e. The van der Waals surface area contributed by atoms with Crippen LogP contribution in [0.2, 0.25) is 0 Å². The number of aromatic nitrogens is 3. The Bertz CT molecular complexity index is 903. The first kappa shape index (κ1) is 14.5. The van der Waals surface area contributed by atoms with Gasteiger partial charge in [-0.2, -0.15) is 0 Å². The van der Waals surface area contributed by atoms with Crippen LogP contribution in [0.15, 0.2) is 91.8 Å². The Balaban J connectivity index is 1.77. The lowest BCUT2D eigenvalue weighted by Gasteiger charge is -2.18. The SMILES string of the molecule is Cc1ccc([C@H](c2ccn(-c3ccccc3)c2)n2ccnc2)cc1. The minimum atomic E-state index is 0.123. The van der Waals surface area contributed by atoms with Crippen LogP contribution in [0.25, 0.3) is 5.69 Å². The molecule has 1 atom stereocenters. The normalized spacial score (nSPS) is 12.2. The molecule has 0 saturated carbocycles. The highest BCUT2D eigenvalue weighted by Crippen LogP contribution is 2.28. The minimum Gasteiger partial charge on any atom is -0.326 e. The smallest absolute Gasteiger partial charge is 0.0954 e. The number of imidazole rings is 1. The first-order valence-corrected chi connectivity index (χ1v) is 8.08. The van der Waals surface area contributed by atoms with Gasteiger partial charge in [0.2, 0.25) is 0 Å². The fraction of sp³-hybridized carbons (Fsp3) is 0.0952. The molecule has 0 aliphatic rings. The molecule has 0 aliphatic heterocycles. The summed E-state index contributed by atoms with van der Waals surface area (Å²) in [7, 11) is 0. The van der Waals surface area contributed by atoms with E-state index in [0.717, 1.165) is 5.69 Å². The van der Waals surface area contributed by atoms with Gasteiger partial charge in [-0.1, -0.05) is 48.0 Å². The molecule has 0 spiro atoms. The molecular formula is C21H19N3. The molecule has 0 N–H and O–H groups in total. The van der Waals surface area contributed by atoms with Gasteiger partial charge in [0.1, 0.15) is 0 Å². The quantitative estimate of drug-likeness (QED) is 0.539. The lowest BCUT2D eigenvalue weighted by Crippen LogP contribution is -2.10. The Morgan fingerprint density at radius 3 is 2.33 bits per heavy atom. The Hall–Kier alpha value is -3.07. The molecule has 0 saturated heterocycles. The molecule has 0 fully saturated rings. The number of hydrogen-bond donors (Lipinski definition) is 0. The van der Waals surface area contributed by atoms with Gasteiger partial charge in [-0.05, 0) is 36.2 Å². The van der Waals surface area contributed by atoms with Crippen LogP contribution in [0, 0.1) is 6.92 Å². The van der Waals surface area contributed by atoms with Crippen molar-refractivity contribution in [3.63, 3.8) is 0 Å². The van der Waals surface area contributed by atoms with Gasteiger partial charge in [-0.3, -0.25) is 0 Å². The molecule has 3 heteroatoms. The zero-order chi connectivity index (χ0) is 16.4. The summed E-state index contributed by atoms with van der Waals surface area (Å²) in [5.41, 5.74) is 4.92. The van der Waals surface area contributed by atoms with Crippen LogP contribution >= 0.6 is 0 Å². The standard InChI is InChI=1S/C21H19N3/c1-17-7-9-18(10-8-17)21(24-14-12-22-16-24)19-11-13-23(15-19)20-5-3-2-4-6-20/h2-16,21H,1H3/t21-/m1/s1. The monoisotopic (exact) mass is 313 g/mol. The van der Waals surface area contributed by atoms with Crippen LogP contribution in [-0.2, 0) is 0 Å². The first-order chi connectivity index (χ1) is 11.8. The van der Waals surface area contributed by atoms with Crippen LogP contribution < -0.4 is 0 Å². The van der Waals surface area contributed by atoms with Gasteiger partial charge in [-0.25, -0.2) is 4.98 Å². The summed E-state index contributed by atoms with van der Waals surface area (Å²) in [6.45, 7) is 2.11. The molecule has 0 unspecified atom stereocenters. The van der Waals surface area contributed by atoms with E-state index in [0.29, 0.717) is 0 Å². The fourth-order valence-corrected chi connectivity index (χ4v) is 3.04. The molecule has 0 aliphatic carbocycles. The number of rotatable bonds is 4. The number of nitrogens with zero attached hydrogens (tertiary/aromatic N) is 3. The van der Waals surface area contributed by atoms with E-state index in [1.807, 2.05) is 24.8 Å². The average molecular weight is 313 g/mol. The van der Waals surface area contributed by atoms with E-state index < -0.39 is 0 Å². The molecule has 118 valence electrons. The molecule has 0 bridgehead atoms. The maximum absolute atomic E-state index is 4.23. The number of hydrogen-bond acceptors (Lipinski definition) is 1. The average Bonchev–Trinajstić information content (AvgIpc) is 3.30. The molecule has 4 aromatic rings. The Kier molecular flexibility index (Phi) is 3.75. The molecule has 2 heterocycles. The summed E-state index contributed by atoms with van der Waals surface area (Å²) in [6.07, 6.45) is 10.0. The minimum absolute atomic E-state index is 0.123. The molecule has 0 amide bonds. The van der Waals surface area contributed by atoms with Crippen molar-refractivity contribution < 1.29 is 0 Å². The number of aryl methyl sites for hydroxylation is 1. The zero-order valence-electron chi connectivity index (χ0n) is 13.6. The second-order valence-electron chi connectivity index (χ2n) is 6.01. The molecule has 4 rings (SSSR count). The van der Waals surface area contributed by atoms with Crippen molar-refractivity contribution in [1.29, 1.82) is 0 Å². The van der Waals surface area contributed by atoms with Gasteiger partial charge >= 0.3 is 0 Å². The molecule has 24 heavy (non-hydrogen) atoms. The highest BCUT2D eigenvalue weighted by molar-refractivity contribution is 5.38. The number of para-hydroxylation sites is 1. The third-order valence-corrected chi connectivity index (χ3v) is 4.30. The van der Waals surface area contributed by atoms with Crippen molar-refractivity contribution in [3.05, 3.63) is 108 Å². The van der Waals surface area contributed by atoms with Gasteiger partial charge < -0.3 is 9.13 Å². The van der Waals surface area contributed by atoms with Crippen LogP contribution in [-0.4, -0.2) is 14.1 Å². The molecular weight excluding hydrogens is 294 g/mol. The summed E-state index contributed by atoms with van der Waals surface area (Å²) in [5, 5.41) is 0. The van der Waals surface area contributed by atoms with Crippen molar-refractivity contribution >= 4 is 0 Å². The zero-order valence-corrected chi connectivity index (χ0v) is 13.6. The second kappa shape index (κ2) is 6.20. The predicted octanol–water partition coefficient (Wildman–Crippen LogP) is 4.62. The van der Waals surface area contributed by atoms with Crippen LogP contribution in [0.4, 0.5) is 0 Å². The summed E-state index contributed by atoms with van der Waals surface area (Å²) in [6, 6.07) is 21.4. The van der Waals surface area contributed by atoms with Crippen molar-refractivity contribution in [1.82, 2.24) is 14.1 Å². The van der Waals surface area contributed by atoms with Gasteiger partial charge in [0.05, 0.1) is 12.4 Å². The van der Waals surface area contributed by atoms with Crippen LogP contribution in [0.1, 0.15) is 22.7 Å². The maximum atomic E-state index is 4.23. The van der Waals surface area contributed by atoms with E-state index in [9.17, 15) is 0 Å². The highest BCUT2D eigenvalue weighted by Gasteiger charge is 2.17. The van der Waals surface area contributed by atoms with Crippen molar-refractivity contribution in [3.8, 4) is 5.69 Å². The highest BCUT2D eigenvalue weighted by atomic mass is 15.1. The summed E-state index contributed by atoms with van der Waals surface area (Å²) < 4.78 is 4.31. The maximum Gasteiger partial charge on any atom is 0.0954 e. The van der Waals surface area contributed by atoms with Crippen molar-refractivity contribution in [2.24, 2.45) is 0 Å². The summed E-state index contributed by atoms with van der Waals surface area (Å²) in [5.74, 6) is 0. The fourth-order valence-electron chi connectivity index (χ4n) is 3.04. The predicted molar refractivity (Wildman–Crippen MR) is 96.4 cm³/mol. The van der Waals surface area contributed by atoms with Crippen molar-refractivity contribution in [2.75, 3.05) is 0 Å². The summed E-state index contributed by atoms with van der Waals surface area (Å²) >= 11 is 0. The molecule has 2 aromatic carbocycles. The van der Waals surface area contributed by atoms with E-state index >= 15 is 0 Å². The van der Waals surface area contributed by atoms with Gasteiger partial charge in [0.15, 0.2) is 0 Å². The topological polar surface area (TPSA) is 22.8 Å². The third-order valence-electron chi connectivity index (χ3n) is 4.30. The molecule has 0 radical (unpaired) electrons. The van der Waals surface area contributed by atoms with E-state index in [2.05, 4.69) is 88.0 Å². The lowest BCUT2D eigenvalue weighted by molar-refractivity contribution is 0.676. The van der Waals surface area contributed by atoms with E-state index in [1.54, 1.807) is 0 Å². The molecule has 2 aromatic heterocycles. The van der Waals surface area contributed by atoms with E-state index in [4.69, 9.17) is 0 Å². The Morgan fingerprint density at radius 2 is 1.62 bits per heavy atom. The second-order valence-corrected chi connectivity index (χ2v) is 6.01. The third kappa shape index (κ3) is 2.76. The number of benzene rings is 2. The Labute approximate surface area is 141 Å². The van der Waals surface area contributed by atoms with Crippen LogP contribution in [0.5, 0.6) is 0 Å². The molecule has 3 nitrogen and oxygen atoms in total. The van der Waals surface area contributed by atoms with Gasteiger partial charge in [0.25, 0.3) is 0 Å². The Morgan fingerprint density at radius 1 is 0.833 bits per heavy atom.